The second kappa shape index (κ2) is 5.75. The Kier molecular flexibility index (Phi) is 3.36. The molecule has 126 valence electrons. The van der Waals surface area contributed by atoms with Crippen LogP contribution in [0.4, 0.5) is 9.52 Å². The summed E-state index contributed by atoms with van der Waals surface area (Å²) in [6, 6.07) is 18.4. The number of hydrogen-bond donors (Lipinski definition) is 1. The second-order valence-electron chi connectivity index (χ2n) is 6.26. The molecular formula is C21H13FN2OS. The number of halogens is 1. The van der Waals surface area contributed by atoms with Crippen LogP contribution in [0.2, 0.25) is 0 Å². The maximum absolute atomic E-state index is 13.0. The smallest absolute Gasteiger partial charge is 0.230 e. The topological polar surface area (TPSA) is 42.0 Å². The molecule has 3 aromatic carbocycles. The Labute approximate surface area is 153 Å². The Morgan fingerprint density at radius 2 is 1.73 bits per heavy atom. The lowest BCUT2D eigenvalue weighted by Gasteiger charge is -2.04. The number of nitrogens with zero attached hydrogens (tertiary/aromatic N) is 1. The number of nitrogens with one attached hydrogen (secondary N) is 1. The van der Waals surface area contributed by atoms with Gasteiger partial charge in [-0.2, -0.15) is 0 Å². The van der Waals surface area contributed by atoms with Crippen molar-refractivity contribution in [3.05, 3.63) is 72.0 Å². The Balaban J connectivity index is 1.43. The molecule has 26 heavy (non-hydrogen) atoms. The minimum Gasteiger partial charge on any atom is -0.302 e. The molecule has 5 rings (SSSR count). The van der Waals surface area contributed by atoms with Gasteiger partial charge in [-0.1, -0.05) is 59.9 Å². The molecule has 0 bridgehead atoms. The van der Waals surface area contributed by atoms with E-state index in [4.69, 9.17) is 0 Å². The molecule has 0 saturated carbocycles. The van der Waals surface area contributed by atoms with E-state index in [1.165, 1.54) is 39.8 Å². The second-order valence-corrected chi connectivity index (χ2v) is 7.26. The van der Waals surface area contributed by atoms with Crippen molar-refractivity contribution >= 4 is 33.1 Å². The van der Waals surface area contributed by atoms with Crippen LogP contribution in [0.15, 0.2) is 60.7 Å². The molecule has 1 N–H and O–H groups in total. The number of fused-ring (bicyclic) bond motifs is 3. The van der Waals surface area contributed by atoms with Crippen LogP contribution in [0.3, 0.4) is 0 Å². The van der Waals surface area contributed by atoms with Gasteiger partial charge in [0.1, 0.15) is 5.82 Å². The first kappa shape index (κ1) is 15.2. The van der Waals surface area contributed by atoms with E-state index in [0.29, 0.717) is 5.13 Å². The van der Waals surface area contributed by atoms with Crippen LogP contribution in [-0.4, -0.2) is 10.9 Å². The summed E-state index contributed by atoms with van der Waals surface area (Å²) in [4.78, 5) is 18.0. The summed E-state index contributed by atoms with van der Waals surface area (Å²) >= 11 is 1.49. The SMILES string of the molecule is O=C(Cc1ccc(F)cc1)Nc1nc2c(s1)-c1cccc3cccc-2c13. The van der Waals surface area contributed by atoms with Gasteiger partial charge in [-0.15, -0.1) is 0 Å². The lowest BCUT2D eigenvalue weighted by Crippen LogP contribution is -2.14. The molecule has 0 aliphatic heterocycles. The van der Waals surface area contributed by atoms with E-state index in [2.05, 4.69) is 34.6 Å². The number of hydrogen-bond acceptors (Lipinski definition) is 3. The van der Waals surface area contributed by atoms with E-state index in [1.54, 1.807) is 12.1 Å². The quantitative estimate of drug-likeness (QED) is 0.477. The zero-order valence-electron chi connectivity index (χ0n) is 13.6. The Morgan fingerprint density at radius 3 is 2.50 bits per heavy atom. The summed E-state index contributed by atoms with van der Waals surface area (Å²) in [6.07, 6.45) is 0.191. The van der Waals surface area contributed by atoms with Gasteiger partial charge in [-0.3, -0.25) is 4.79 Å². The summed E-state index contributed by atoms with van der Waals surface area (Å²) in [6.45, 7) is 0. The van der Waals surface area contributed by atoms with Crippen molar-refractivity contribution in [3.8, 4) is 21.7 Å². The molecule has 1 aliphatic rings. The van der Waals surface area contributed by atoms with Gasteiger partial charge in [-0.25, -0.2) is 9.37 Å². The van der Waals surface area contributed by atoms with E-state index < -0.39 is 0 Å². The van der Waals surface area contributed by atoms with Gasteiger partial charge >= 0.3 is 0 Å². The monoisotopic (exact) mass is 360 g/mol. The number of rotatable bonds is 3. The number of carbonyl (C=O) groups is 1. The third kappa shape index (κ3) is 2.40. The number of thiazole rings is 1. The molecule has 0 spiro atoms. The first-order valence-electron chi connectivity index (χ1n) is 8.27. The fraction of sp³-hybridized carbons (Fsp3) is 0.0476. The van der Waals surface area contributed by atoms with E-state index >= 15 is 0 Å². The van der Waals surface area contributed by atoms with Gasteiger partial charge in [0.05, 0.1) is 17.0 Å². The van der Waals surface area contributed by atoms with Crippen molar-refractivity contribution < 1.29 is 9.18 Å². The third-order valence-electron chi connectivity index (χ3n) is 4.56. The highest BCUT2D eigenvalue weighted by atomic mass is 32.1. The van der Waals surface area contributed by atoms with Crippen LogP contribution in [0.5, 0.6) is 0 Å². The van der Waals surface area contributed by atoms with Crippen LogP contribution in [-0.2, 0) is 11.2 Å². The van der Waals surface area contributed by atoms with Crippen molar-refractivity contribution in [2.24, 2.45) is 0 Å². The Bertz CT molecular complexity index is 1110. The number of benzene rings is 3. The highest BCUT2D eigenvalue weighted by Crippen LogP contribution is 2.50. The van der Waals surface area contributed by atoms with Crippen LogP contribution in [0, 0.1) is 5.82 Å². The van der Waals surface area contributed by atoms with E-state index in [-0.39, 0.29) is 18.1 Å². The molecule has 1 amide bonds. The average Bonchev–Trinajstić information content (AvgIpc) is 3.17. The molecular weight excluding hydrogens is 347 g/mol. The summed E-state index contributed by atoms with van der Waals surface area (Å²) in [5.74, 6) is -0.464. The minimum absolute atomic E-state index is 0.157. The maximum Gasteiger partial charge on any atom is 0.230 e. The first-order chi connectivity index (χ1) is 12.7. The van der Waals surface area contributed by atoms with Gasteiger partial charge in [0.25, 0.3) is 0 Å². The Morgan fingerprint density at radius 1 is 1.00 bits per heavy atom. The highest BCUT2D eigenvalue weighted by Gasteiger charge is 2.25. The van der Waals surface area contributed by atoms with Gasteiger partial charge < -0.3 is 5.32 Å². The summed E-state index contributed by atoms with van der Waals surface area (Å²) in [5.41, 5.74) is 3.98. The predicted octanol–water partition coefficient (Wildman–Crippen LogP) is 5.26. The zero-order chi connectivity index (χ0) is 17.7. The minimum atomic E-state index is -0.307. The maximum atomic E-state index is 13.0. The Hall–Kier alpha value is -3.05. The van der Waals surface area contributed by atoms with Gasteiger partial charge in [0, 0.05) is 11.1 Å². The molecule has 3 nitrogen and oxygen atoms in total. The normalized spacial score (nSPS) is 11.6. The van der Waals surface area contributed by atoms with Crippen LogP contribution >= 0.6 is 11.3 Å². The van der Waals surface area contributed by atoms with Crippen LogP contribution in [0.25, 0.3) is 32.5 Å². The lowest BCUT2D eigenvalue weighted by atomic mass is 10.0. The van der Waals surface area contributed by atoms with E-state index in [0.717, 1.165) is 21.7 Å². The molecule has 5 heteroatoms. The molecule has 0 unspecified atom stereocenters. The lowest BCUT2D eigenvalue weighted by molar-refractivity contribution is -0.115. The molecule has 0 saturated heterocycles. The zero-order valence-corrected chi connectivity index (χ0v) is 14.4. The van der Waals surface area contributed by atoms with Crippen molar-refractivity contribution in [3.63, 3.8) is 0 Å². The predicted molar refractivity (Wildman–Crippen MR) is 103 cm³/mol. The molecule has 1 aromatic heterocycles. The summed E-state index contributed by atoms with van der Waals surface area (Å²) < 4.78 is 13.0. The van der Waals surface area contributed by atoms with Crippen molar-refractivity contribution in [2.45, 2.75) is 6.42 Å². The number of anilines is 1. The van der Waals surface area contributed by atoms with E-state index in [9.17, 15) is 9.18 Å². The standard InChI is InChI=1S/C21H13FN2OS/c22-14-9-7-12(8-10-14)11-17(25)23-21-24-19-15-5-1-3-13-4-2-6-16(18(13)15)20(19)26-21/h1-10H,11H2,(H,23,24,25). The number of carbonyl (C=O) groups excluding carboxylic acids is 1. The van der Waals surface area contributed by atoms with Crippen molar-refractivity contribution in [1.82, 2.24) is 4.98 Å². The van der Waals surface area contributed by atoms with Crippen LogP contribution in [0.1, 0.15) is 5.56 Å². The summed E-state index contributed by atoms with van der Waals surface area (Å²) in [5, 5.41) is 5.89. The third-order valence-corrected chi connectivity index (χ3v) is 5.56. The highest BCUT2D eigenvalue weighted by molar-refractivity contribution is 7.20. The van der Waals surface area contributed by atoms with E-state index in [1.807, 2.05) is 12.1 Å². The average molecular weight is 360 g/mol. The molecule has 1 heterocycles. The summed E-state index contributed by atoms with van der Waals surface area (Å²) in [7, 11) is 0. The van der Waals surface area contributed by atoms with Crippen molar-refractivity contribution in [1.29, 1.82) is 0 Å². The fourth-order valence-electron chi connectivity index (χ4n) is 3.42. The largest absolute Gasteiger partial charge is 0.302 e. The van der Waals surface area contributed by atoms with Crippen molar-refractivity contribution in [2.75, 3.05) is 5.32 Å². The van der Waals surface area contributed by atoms with Gasteiger partial charge in [0.2, 0.25) is 5.91 Å². The fourth-order valence-corrected chi connectivity index (χ4v) is 4.44. The van der Waals surface area contributed by atoms with Crippen LogP contribution < -0.4 is 5.32 Å². The van der Waals surface area contributed by atoms with Gasteiger partial charge in [-0.05, 0) is 28.5 Å². The molecule has 1 aliphatic carbocycles. The molecule has 0 atom stereocenters. The molecule has 0 fully saturated rings. The molecule has 4 aromatic rings. The van der Waals surface area contributed by atoms with Gasteiger partial charge in [0.15, 0.2) is 5.13 Å². The number of amides is 1. The first-order valence-corrected chi connectivity index (χ1v) is 9.08. The number of aromatic nitrogens is 1. The molecule has 0 radical (unpaired) electrons.